The second kappa shape index (κ2) is 5.10. The molecule has 0 amide bonds. The lowest BCUT2D eigenvalue weighted by Gasteiger charge is -2.37. The van der Waals surface area contributed by atoms with Crippen LogP contribution in [0.4, 0.5) is 5.69 Å². The predicted octanol–water partition coefficient (Wildman–Crippen LogP) is 3.58. The number of nitrogens with one attached hydrogen (secondary N) is 1. The minimum Gasteiger partial charge on any atom is -0.371 e. The number of hydrogen-bond donors (Lipinski definition) is 1. The van der Waals surface area contributed by atoms with Crippen molar-refractivity contribution in [2.45, 2.75) is 50.7 Å². The molecule has 1 aromatic carbocycles. The molecule has 2 nitrogen and oxygen atoms in total. The molecule has 0 bridgehead atoms. The van der Waals surface area contributed by atoms with E-state index in [9.17, 15) is 0 Å². The summed E-state index contributed by atoms with van der Waals surface area (Å²) >= 11 is 6.15. The van der Waals surface area contributed by atoms with Crippen molar-refractivity contribution in [3.05, 3.63) is 28.8 Å². The quantitative estimate of drug-likeness (QED) is 0.875. The van der Waals surface area contributed by atoms with Crippen LogP contribution in [0.1, 0.15) is 37.7 Å². The topological polar surface area (TPSA) is 15.3 Å². The van der Waals surface area contributed by atoms with Gasteiger partial charge in [0.05, 0.1) is 0 Å². The van der Waals surface area contributed by atoms with Crippen molar-refractivity contribution in [3.63, 3.8) is 0 Å². The summed E-state index contributed by atoms with van der Waals surface area (Å²) in [6.45, 7) is 0.966. The van der Waals surface area contributed by atoms with E-state index in [0.717, 1.165) is 17.6 Å². The van der Waals surface area contributed by atoms with E-state index in [1.807, 2.05) is 6.07 Å². The van der Waals surface area contributed by atoms with Crippen LogP contribution < -0.4 is 10.2 Å². The van der Waals surface area contributed by atoms with Crippen LogP contribution in [0.25, 0.3) is 0 Å². The lowest BCUT2D eigenvalue weighted by Crippen LogP contribution is -2.38. The summed E-state index contributed by atoms with van der Waals surface area (Å²) in [5.74, 6) is 0. The SMILES string of the molecule is CN(c1cc(Cl)ccc1CNC1CC1)C1CCC1. The Kier molecular flexibility index (Phi) is 3.49. The van der Waals surface area contributed by atoms with E-state index >= 15 is 0 Å². The third-order valence-electron chi connectivity index (χ3n) is 4.21. The lowest BCUT2D eigenvalue weighted by atomic mass is 9.91. The molecule has 2 saturated carbocycles. The molecule has 1 N–H and O–H groups in total. The van der Waals surface area contributed by atoms with Crippen LogP contribution in [-0.4, -0.2) is 19.1 Å². The molecule has 18 heavy (non-hydrogen) atoms. The first-order valence-electron chi connectivity index (χ1n) is 6.98. The van der Waals surface area contributed by atoms with Gasteiger partial charge >= 0.3 is 0 Å². The summed E-state index contributed by atoms with van der Waals surface area (Å²) in [5.41, 5.74) is 2.68. The number of anilines is 1. The molecule has 2 aliphatic rings. The number of rotatable bonds is 5. The van der Waals surface area contributed by atoms with Crippen LogP contribution in [0.3, 0.4) is 0 Å². The second-order valence-corrected chi connectivity index (χ2v) is 6.06. The van der Waals surface area contributed by atoms with Gasteiger partial charge < -0.3 is 10.2 Å². The van der Waals surface area contributed by atoms with E-state index in [0.29, 0.717) is 6.04 Å². The summed E-state index contributed by atoms with van der Waals surface area (Å²) < 4.78 is 0. The summed E-state index contributed by atoms with van der Waals surface area (Å²) in [6.07, 6.45) is 6.67. The first-order chi connectivity index (χ1) is 8.74. The summed E-state index contributed by atoms with van der Waals surface area (Å²) in [5, 5.41) is 4.43. The Morgan fingerprint density at radius 2 is 2.06 bits per heavy atom. The van der Waals surface area contributed by atoms with Crippen LogP contribution >= 0.6 is 11.6 Å². The molecule has 0 saturated heterocycles. The zero-order valence-corrected chi connectivity index (χ0v) is 11.7. The highest BCUT2D eigenvalue weighted by molar-refractivity contribution is 6.30. The van der Waals surface area contributed by atoms with E-state index in [-0.39, 0.29) is 0 Å². The van der Waals surface area contributed by atoms with Gasteiger partial charge in [0.1, 0.15) is 0 Å². The van der Waals surface area contributed by atoms with E-state index < -0.39 is 0 Å². The monoisotopic (exact) mass is 264 g/mol. The maximum Gasteiger partial charge on any atom is 0.0426 e. The molecule has 0 spiro atoms. The normalized spacial score (nSPS) is 19.7. The first-order valence-corrected chi connectivity index (χ1v) is 7.36. The van der Waals surface area contributed by atoms with Crippen LogP contribution in [0.15, 0.2) is 18.2 Å². The highest BCUT2D eigenvalue weighted by atomic mass is 35.5. The molecule has 0 atom stereocenters. The van der Waals surface area contributed by atoms with Crippen LogP contribution in [0, 0.1) is 0 Å². The number of halogens is 1. The molecule has 0 unspecified atom stereocenters. The summed E-state index contributed by atoms with van der Waals surface area (Å²) in [4.78, 5) is 2.42. The van der Waals surface area contributed by atoms with Gasteiger partial charge in [-0.3, -0.25) is 0 Å². The Labute approximate surface area is 114 Å². The van der Waals surface area contributed by atoms with Gasteiger partial charge in [-0.05, 0) is 49.8 Å². The number of hydrogen-bond acceptors (Lipinski definition) is 2. The fraction of sp³-hybridized carbons (Fsp3) is 0.600. The molecular weight excluding hydrogens is 244 g/mol. The molecule has 0 aliphatic heterocycles. The third-order valence-corrected chi connectivity index (χ3v) is 4.44. The molecule has 2 aliphatic carbocycles. The Balaban J connectivity index is 1.77. The van der Waals surface area contributed by atoms with Gasteiger partial charge in [-0.15, -0.1) is 0 Å². The van der Waals surface area contributed by atoms with Gasteiger partial charge in [0.25, 0.3) is 0 Å². The standard InChI is InChI=1S/C15H21ClN2/c1-18(14-3-2-4-14)15-9-12(16)6-5-11(15)10-17-13-7-8-13/h5-6,9,13-14,17H,2-4,7-8,10H2,1H3. The van der Waals surface area contributed by atoms with E-state index in [4.69, 9.17) is 11.6 Å². The Morgan fingerprint density at radius 1 is 1.28 bits per heavy atom. The molecule has 2 fully saturated rings. The van der Waals surface area contributed by atoms with Gasteiger partial charge in [0.2, 0.25) is 0 Å². The van der Waals surface area contributed by atoms with Gasteiger partial charge in [-0.25, -0.2) is 0 Å². The van der Waals surface area contributed by atoms with Crippen molar-refractivity contribution in [2.24, 2.45) is 0 Å². The third kappa shape index (κ3) is 2.65. The lowest BCUT2D eigenvalue weighted by molar-refractivity contribution is 0.400. The van der Waals surface area contributed by atoms with Crippen molar-refractivity contribution in [2.75, 3.05) is 11.9 Å². The van der Waals surface area contributed by atoms with Crippen LogP contribution in [-0.2, 0) is 6.54 Å². The van der Waals surface area contributed by atoms with Crippen molar-refractivity contribution >= 4 is 17.3 Å². The van der Waals surface area contributed by atoms with Gasteiger partial charge in [0, 0.05) is 36.4 Å². The molecule has 0 radical (unpaired) electrons. The Bertz CT molecular complexity index is 425. The van der Waals surface area contributed by atoms with Crippen LogP contribution in [0.2, 0.25) is 5.02 Å². The van der Waals surface area contributed by atoms with E-state index in [1.54, 1.807) is 0 Å². The molecule has 1 aromatic rings. The number of benzene rings is 1. The van der Waals surface area contributed by atoms with E-state index in [1.165, 1.54) is 43.4 Å². The second-order valence-electron chi connectivity index (χ2n) is 5.62. The summed E-state index contributed by atoms with van der Waals surface area (Å²) in [7, 11) is 2.20. The highest BCUT2D eigenvalue weighted by Crippen LogP contribution is 2.32. The van der Waals surface area contributed by atoms with Crippen molar-refractivity contribution in [1.82, 2.24) is 5.32 Å². The Hall–Kier alpha value is -0.730. The average Bonchev–Trinajstić information content (AvgIpc) is 3.08. The maximum absolute atomic E-state index is 6.15. The molecular formula is C15H21ClN2. The van der Waals surface area contributed by atoms with Gasteiger partial charge in [-0.2, -0.15) is 0 Å². The molecule has 98 valence electrons. The molecule has 3 heteroatoms. The zero-order chi connectivity index (χ0) is 12.5. The summed E-state index contributed by atoms with van der Waals surface area (Å²) in [6, 6.07) is 7.75. The Morgan fingerprint density at radius 3 is 2.67 bits per heavy atom. The average molecular weight is 265 g/mol. The van der Waals surface area contributed by atoms with Gasteiger partial charge in [-0.1, -0.05) is 17.7 Å². The molecule has 0 heterocycles. The number of nitrogens with zero attached hydrogens (tertiary/aromatic N) is 1. The minimum atomic E-state index is 0.711. The molecule has 3 rings (SSSR count). The minimum absolute atomic E-state index is 0.711. The predicted molar refractivity (Wildman–Crippen MR) is 77.4 cm³/mol. The highest BCUT2D eigenvalue weighted by Gasteiger charge is 2.25. The van der Waals surface area contributed by atoms with Crippen LogP contribution in [0.5, 0.6) is 0 Å². The maximum atomic E-state index is 6.15. The van der Waals surface area contributed by atoms with E-state index in [2.05, 4.69) is 29.4 Å². The first kappa shape index (κ1) is 12.3. The van der Waals surface area contributed by atoms with Crippen molar-refractivity contribution in [3.8, 4) is 0 Å². The van der Waals surface area contributed by atoms with Crippen molar-refractivity contribution < 1.29 is 0 Å². The van der Waals surface area contributed by atoms with Gasteiger partial charge in [0.15, 0.2) is 0 Å². The fourth-order valence-electron chi connectivity index (χ4n) is 2.53. The van der Waals surface area contributed by atoms with Crippen molar-refractivity contribution in [1.29, 1.82) is 0 Å². The smallest absolute Gasteiger partial charge is 0.0426 e. The fourth-order valence-corrected chi connectivity index (χ4v) is 2.69. The molecule has 0 aromatic heterocycles. The largest absolute Gasteiger partial charge is 0.371 e. The zero-order valence-electron chi connectivity index (χ0n) is 11.0.